The fourth-order valence-electron chi connectivity index (χ4n) is 3.71. The SMILES string of the molecule is COc1ccc(S(=O)(=O)C2(C(=O)O)CCN(CCCOc3ccccc3)CC2)cc1. The largest absolute Gasteiger partial charge is 0.497 e. The van der Waals surface area contributed by atoms with Gasteiger partial charge in [0.05, 0.1) is 18.6 Å². The number of hydrogen-bond donors (Lipinski definition) is 1. The molecule has 0 radical (unpaired) electrons. The molecule has 1 heterocycles. The Bertz CT molecular complexity index is 935. The van der Waals surface area contributed by atoms with Crippen LogP contribution in [-0.4, -0.2) is 62.5 Å². The van der Waals surface area contributed by atoms with E-state index in [1.165, 1.54) is 31.4 Å². The highest BCUT2D eigenvalue weighted by Crippen LogP contribution is 2.36. The van der Waals surface area contributed by atoms with Crippen molar-refractivity contribution < 1.29 is 27.8 Å². The van der Waals surface area contributed by atoms with Gasteiger partial charge >= 0.3 is 5.97 Å². The summed E-state index contributed by atoms with van der Waals surface area (Å²) in [6.45, 7) is 2.10. The number of carboxylic acids is 1. The molecule has 1 N–H and O–H groups in total. The number of likely N-dealkylation sites (tertiary alicyclic amines) is 1. The van der Waals surface area contributed by atoms with E-state index in [0.29, 0.717) is 25.4 Å². The molecule has 8 heteroatoms. The fraction of sp³-hybridized carbons (Fsp3) is 0.409. The number of ether oxygens (including phenoxy) is 2. The maximum Gasteiger partial charge on any atom is 0.325 e. The first-order valence-corrected chi connectivity index (χ1v) is 11.4. The van der Waals surface area contributed by atoms with Crippen LogP contribution < -0.4 is 9.47 Å². The van der Waals surface area contributed by atoms with E-state index < -0.39 is 20.6 Å². The minimum atomic E-state index is -4.04. The maximum atomic E-state index is 13.2. The quantitative estimate of drug-likeness (QED) is 0.608. The molecule has 0 unspecified atom stereocenters. The molecule has 0 aromatic heterocycles. The molecule has 30 heavy (non-hydrogen) atoms. The summed E-state index contributed by atoms with van der Waals surface area (Å²) in [4.78, 5) is 14.2. The average Bonchev–Trinajstić information content (AvgIpc) is 2.77. The van der Waals surface area contributed by atoms with Gasteiger partial charge in [0, 0.05) is 19.6 Å². The molecule has 2 aromatic carbocycles. The van der Waals surface area contributed by atoms with E-state index in [1.807, 2.05) is 30.3 Å². The Morgan fingerprint density at radius 2 is 1.67 bits per heavy atom. The van der Waals surface area contributed by atoms with Crippen LogP contribution in [-0.2, 0) is 14.6 Å². The van der Waals surface area contributed by atoms with Gasteiger partial charge in [0.2, 0.25) is 0 Å². The molecule has 0 atom stereocenters. The fourth-order valence-corrected chi connectivity index (χ4v) is 5.61. The lowest BCUT2D eigenvalue weighted by Gasteiger charge is -2.38. The van der Waals surface area contributed by atoms with Crippen molar-refractivity contribution in [3.05, 3.63) is 54.6 Å². The van der Waals surface area contributed by atoms with Crippen molar-refractivity contribution in [2.75, 3.05) is 33.4 Å². The van der Waals surface area contributed by atoms with Gasteiger partial charge < -0.3 is 19.5 Å². The predicted molar refractivity (Wildman–Crippen MR) is 113 cm³/mol. The third kappa shape index (κ3) is 4.60. The van der Waals surface area contributed by atoms with Crippen molar-refractivity contribution in [3.63, 3.8) is 0 Å². The summed E-state index contributed by atoms with van der Waals surface area (Å²) in [5.41, 5.74) is 0. The van der Waals surface area contributed by atoms with Crippen molar-refractivity contribution in [1.29, 1.82) is 0 Å². The molecule has 0 bridgehead atoms. The second kappa shape index (κ2) is 9.49. The summed E-state index contributed by atoms with van der Waals surface area (Å²) >= 11 is 0. The summed E-state index contributed by atoms with van der Waals surface area (Å²) in [5.74, 6) is 0.0443. The van der Waals surface area contributed by atoms with Crippen LogP contribution in [0.15, 0.2) is 59.5 Å². The molecule has 0 amide bonds. The lowest BCUT2D eigenvalue weighted by atomic mass is 9.95. The lowest BCUT2D eigenvalue weighted by Crippen LogP contribution is -2.54. The number of hydrogen-bond acceptors (Lipinski definition) is 6. The number of rotatable bonds is 9. The van der Waals surface area contributed by atoms with Gasteiger partial charge in [-0.25, -0.2) is 8.42 Å². The molecule has 0 saturated carbocycles. The first-order chi connectivity index (χ1) is 14.4. The van der Waals surface area contributed by atoms with Crippen molar-refractivity contribution in [2.45, 2.75) is 28.9 Å². The number of piperidine rings is 1. The molecule has 2 aromatic rings. The monoisotopic (exact) mass is 433 g/mol. The standard InChI is InChI=1S/C22H27NO6S/c1-28-18-8-10-20(11-9-18)30(26,27)22(21(24)25)12-15-23(16-13-22)14-5-17-29-19-6-3-2-4-7-19/h2-4,6-11H,5,12-17H2,1H3,(H,24,25). The number of methoxy groups -OCH3 is 1. The number of carbonyl (C=O) groups is 1. The Balaban J connectivity index is 1.60. The number of carboxylic acid groups (broad SMARTS) is 1. The molecule has 7 nitrogen and oxygen atoms in total. The predicted octanol–water partition coefficient (Wildman–Crippen LogP) is 2.86. The second-order valence-corrected chi connectivity index (χ2v) is 9.59. The highest BCUT2D eigenvalue weighted by atomic mass is 32.2. The van der Waals surface area contributed by atoms with Crippen LogP contribution in [0.3, 0.4) is 0 Å². The number of aliphatic carboxylic acids is 1. The molecule has 0 aliphatic carbocycles. The maximum absolute atomic E-state index is 13.2. The number of para-hydroxylation sites is 1. The molecule has 1 aliphatic heterocycles. The molecule has 1 saturated heterocycles. The second-order valence-electron chi connectivity index (χ2n) is 7.34. The minimum absolute atomic E-state index is 0.00964. The summed E-state index contributed by atoms with van der Waals surface area (Å²) < 4.78 is 35.4. The van der Waals surface area contributed by atoms with Gasteiger partial charge in [0.1, 0.15) is 11.5 Å². The van der Waals surface area contributed by atoms with Gasteiger partial charge in [-0.3, -0.25) is 4.79 Å². The Morgan fingerprint density at radius 1 is 1.03 bits per heavy atom. The van der Waals surface area contributed by atoms with Gasteiger partial charge in [0.25, 0.3) is 0 Å². The summed E-state index contributed by atoms with van der Waals surface area (Å²) in [6, 6.07) is 15.4. The summed E-state index contributed by atoms with van der Waals surface area (Å²) in [7, 11) is -2.55. The van der Waals surface area contributed by atoms with Gasteiger partial charge in [-0.15, -0.1) is 0 Å². The first kappa shape index (κ1) is 22.1. The Hall–Kier alpha value is -2.58. The average molecular weight is 434 g/mol. The number of benzene rings is 2. The summed E-state index contributed by atoms with van der Waals surface area (Å²) in [5, 5.41) is 9.87. The van der Waals surface area contributed by atoms with E-state index >= 15 is 0 Å². The first-order valence-electron chi connectivity index (χ1n) is 9.91. The third-order valence-corrected chi connectivity index (χ3v) is 8.07. The van der Waals surface area contributed by atoms with Crippen molar-refractivity contribution in [1.82, 2.24) is 4.90 Å². The number of sulfone groups is 1. The van der Waals surface area contributed by atoms with Crippen LogP contribution in [0.5, 0.6) is 11.5 Å². The van der Waals surface area contributed by atoms with Crippen molar-refractivity contribution in [2.24, 2.45) is 0 Å². The van der Waals surface area contributed by atoms with Crippen molar-refractivity contribution in [3.8, 4) is 11.5 Å². The van der Waals surface area contributed by atoms with Crippen molar-refractivity contribution >= 4 is 15.8 Å². The van der Waals surface area contributed by atoms with Crippen LogP contribution in [0.25, 0.3) is 0 Å². The van der Waals surface area contributed by atoms with Crippen LogP contribution in [0.2, 0.25) is 0 Å². The number of nitrogens with zero attached hydrogens (tertiary/aromatic N) is 1. The highest BCUT2D eigenvalue weighted by molar-refractivity contribution is 7.93. The molecule has 1 fully saturated rings. The molecule has 3 rings (SSSR count). The van der Waals surface area contributed by atoms with Gasteiger partial charge in [-0.1, -0.05) is 18.2 Å². The van der Waals surface area contributed by atoms with Gasteiger partial charge in [-0.05, 0) is 55.7 Å². The van der Waals surface area contributed by atoms with Crippen LogP contribution in [0, 0.1) is 0 Å². The zero-order chi connectivity index (χ0) is 21.6. The van der Waals surface area contributed by atoms with E-state index in [0.717, 1.165) is 18.7 Å². The zero-order valence-electron chi connectivity index (χ0n) is 17.0. The van der Waals surface area contributed by atoms with E-state index in [2.05, 4.69) is 4.90 Å². The molecule has 1 aliphatic rings. The Labute approximate surface area is 177 Å². The van der Waals surface area contributed by atoms with E-state index in [4.69, 9.17) is 9.47 Å². The lowest BCUT2D eigenvalue weighted by molar-refractivity contribution is -0.141. The zero-order valence-corrected chi connectivity index (χ0v) is 17.8. The molecular formula is C22H27NO6S. The van der Waals surface area contributed by atoms with Crippen LogP contribution >= 0.6 is 0 Å². The normalized spacial score (nSPS) is 16.7. The molecular weight excluding hydrogens is 406 g/mol. The van der Waals surface area contributed by atoms with Gasteiger partial charge in [-0.2, -0.15) is 0 Å². The van der Waals surface area contributed by atoms with Crippen LogP contribution in [0.4, 0.5) is 0 Å². The highest BCUT2D eigenvalue weighted by Gasteiger charge is 2.53. The Morgan fingerprint density at radius 3 is 2.23 bits per heavy atom. The smallest absolute Gasteiger partial charge is 0.325 e. The van der Waals surface area contributed by atoms with E-state index in [1.54, 1.807) is 0 Å². The molecule has 0 spiro atoms. The third-order valence-electron chi connectivity index (χ3n) is 5.57. The molecule has 162 valence electrons. The van der Waals surface area contributed by atoms with E-state index in [-0.39, 0.29) is 17.7 Å². The van der Waals surface area contributed by atoms with E-state index in [9.17, 15) is 18.3 Å². The minimum Gasteiger partial charge on any atom is -0.497 e. The summed E-state index contributed by atoms with van der Waals surface area (Å²) in [6.07, 6.45) is 0.882. The Kier molecular flexibility index (Phi) is 6.99. The van der Waals surface area contributed by atoms with Gasteiger partial charge in [0.15, 0.2) is 14.6 Å². The van der Waals surface area contributed by atoms with Crippen LogP contribution in [0.1, 0.15) is 19.3 Å². The topological polar surface area (TPSA) is 93.1 Å².